The topological polar surface area (TPSA) is 58.3 Å². The third kappa shape index (κ3) is 3.40. The molecule has 1 aliphatic heterocycles. The lowest BCUT2D eigenvalue weighted by Crippen LogP contribution is -2.46. The van der Waals surface area contributed by atoms with Crippen LogP contribution in [0.5, 0.6) is 0 Å². The van der Waals surface area contributed by atoms with Gasteiger partial charge in [-0.15, -0.1) is 0 Å². The highest BCUT2D eigenvalue weighted by molar-refractivity contribution is 5.50. The van der Waals surface area contributed by atoms with Gasteiger partial charge in [-0.2, -0.15) is 0 Å². The number of anilines is 1. The van der Waals surface area contributed by atoms with Crippen LogP contribution in [0.15, 0.2) is 10.7 Å². The molecule has 0 spiro atoms. The molecule has 0 radical (unpaired) electrons. The van der Waals surface area contributed by atoms with Gasteiger partial charge in [0.05, 0.1) is 6.20 Å². The zero-order valence-corrected chi connectivity index (χ0v) is 15.5. The Balaban J connectivity index is 1.47. The van der Waals surface area contributed by atoms with E-state index in [2.05, 4.69) is 28.8 Å². The predicted octanol–water partition coefficient (Wildman–Crippen LogP) is 2.84. The second-order valence-corrected chi connectivity index (χ2v) is 7.27. The summed E-state index contributed by atoms with van der Waals surface area (Å²) >= 11 is 0. The Kier molecular flexibility index (Phi) is 4.46. The summed E-state index contributed by atoms with van der Waals surface area (Å²) in [6.45, 7) is 11.3. The van der Waals surface area contributed by atoms with E-state index in [4.69, 9.17) is 14.5 Å². The summed E-state index contributed by atoms with van der Waals surface area (Å²) < 4.78 is 5.18. The molecule has 1 saturated heterocycles. The minimum absolute atomic E-state index is 0.598. The first-order valence-electron chi connectivity index (χ1n) is 9.40. The molecule has 2 aliphatic rings. The van der Waals surface area contributed by atoms with Crippen LogP contribution in [0.2, 0.25) is 0 Å². The van der Waals surface area contributed by atoms with Crippen molar-refractivity contribution in [1.82, 2.24) is 20.0 Å². The van der Waals surface area contributed by atoms with Crippen molar-refractivity contribution in [3.05, 3.63) is 34.6 Å². The molecule has 4 rings (SSSR count). The molecule has 134 valence electrons. The Morgan fingerprint density at radius 3 is 2.48 bits per heavy atom. The van der Waals surface area contributed by atoms with Crippen molar-refractivity contribution >= 4 is 5.82 Å². The Morgan fingerprint density at radius 1 is 1.12 bits per heavy atom. The molecule has 1 aliphatic carbocycles. The van der Waals surface area contributed by atoms with Crippen LogP contribution in [0.3, 0.4) is 0 Å². The number of hydrogen-bond donors (Lipinski definition) is 0. The van der Waals surface area contributed by atoms with Gasteiger partial charge in [-0.1, -0.05) is 12.1 Å². The van der Waals surface area contributed by atoms with E-state index in [1.54, 1.807) is 0 Å². The maximum absolute atomic E-state index is 5.18. The first-order valence-corrected chi connectivity index (χ1v) is 9.40. The highest BCUT2D eigenvalue weighted by Gasteiger charge is 2.29. The zero-order chi connectivity index (χ0) is 17.4. The van der Waals surface area contributed by atoms with Crippen molar-refractivity contribution in [2.45, 2.75) is 52.5 Å². The van der Waals surface area contributed by atoms with E-state index in [-0.39, 0.29) is 0 Å². The minimum atomic E-state index is 0.598. The second kappa shape index (κ2) is 6.75. The molecule has 3 heterocycles. The molecule has 2 aromatic heterocycles. The van der Waals surface area contributed by atoms with E-state index in [1.807, 2.05) is 13.1 Å². The van der Waals surface area contributed by atoms with Crippen LogP contribution in [-0.4, -0.2) is 46.2 Å². The molecule has 1 saturated carbocycles. The van der Waals surface area contributed by atoms with E-state index in [1.165, 1.54) is 29.8 Å². The van der Waals surface area contributed by atoms with Crippen LogP contribution in [0, 0.1) is 13.8 Å². The molecular weight excluding hydrogens is 314 g/mol. The van der Waals surface area contributed by atoms with Crippen LogP contribution < -0.4 is 4.90 Å². The summed E-state index contributed by atoms with van der Waals surface area (Å²) in [5.74, 6) is 3.77. The van der Waals surface area contributed by atoms with Crippen LogP contribution in [0.25, 0.3) is 0 Å². The van der Waals surface area contributed by atoms with Crippen LogP contribution >= 0.6 is 0 Å². The fraction of sp³-hybridized carbons (Fsp3) is 0.632. The smallest absolute Gasteiger partial charge is 0.138 e. The lowest BCUT2D eigenvalue weighted by atomic mass is 10.1. The lowest BCUT2D eigenvalue weighted by molar-refractivity contribution is 0.247. The molecule has 0 aromatic carbocycles. The minimum Gasteiger partial charge on any atom is -0.361 e. The standard InChI is InChI=1S/C19H27N5O/c1-4-17-13(2)21-18(15-5-6-15)22-19(17)24-9-7-23(8-10-24)12-16-11-20-25-14(16)3/h11,15H,4-10,12H2,1-3H3. The van der Waals surface area contributed by atoms with Crippen LogP contribution in [0.1, 0.15) is 54.1 Å². The monoisotopic (exact) mass is 341 g/mol. The van der Waals surface area contributed by atoms with Crippen molar-refractivity contribution in [1.29, 1.82) is 0 Å². The zero-order valence-electron chi connectivity index (χ0n) is 15.5. The van der Waals surface area contributed by atoms with Gasteiger partial charge in [0.15, 0.2) is 0 Å². The van der Waals surface area contributed by atoms with Crippen molar-refractivity contribution in [2.75, 3.05) is 31.1 Å². The van der Waals surface area contributed by atoms with E-state index < -0.39 is 0 Å². The molecule has 0 atom stereocenters. The molecule has 0 amide bonds. The molecule has 0 bridgehead atoms. The number of nitrogens with zero attached hydrogens (tertiary/aromatic N) is 5. The van der Waals surface area contributed by atoms with Gasteiger partial charge < -0.3 is 9.42 Å². The quantitative estimate of drug-likeness (QED) is 0.833. The summed E-state index contributed by atoms with van der Waals surface area (Å²) in [4.78, 5) is 14.7. The average Bonchev–Trinajstić information content (AvgIpc) is 3.39. The molecule has 25 heavy (non-hydrogen) atoms. The lowest BCUT2D eigenvalue weighted by Gasteiger charge is -2.36. The van der Waals surface area contributed by atoms with Crippen molar-refractivity contribution < 1.29 is 4.52 Å². The number of hydrogen-bond acceptors (Lipinski definition) is 6. The highest BCUT2D eigenvalue weighted by atomic mass is 16.5. The highest BCUT2D eigenvalue weighted by Crippen LogP contribution is 2.39. The number of piperazine rings is 1. The Labute approximate surface area is 149 Å². The third-order valence-electron chi connectivity index (χ3n) is 5.42. The van der Waals surface area contributed by atoms with Gasteiger partial charge in [-0.05, 0) is 33.1 Å². The summed E-state index contributed by atoms with van der Waals surface area (Å²) in [5, 5.41) is 3.89. The predicted molar refractivity (Wildman–Crippen MR) is 96.9 cm³/mol. The van der Waals surface area contributed by atoms with E-state index >= 15 is 0 Å². The second-order valence-electron chi connectivity index (χ2n) is 7.27. The SMILES string of the molecule is CCc1c(C)nc(C2CC2)nc1N1CCN(Cc2cnoc2C)CC1. The van der Waals surface area contributed by atoms with Gasteiger partial charge in [0.25, 0.3) is 0 Å². The molecular formula is C19H27N5O. The normalized spacial score (nSPS) is 18.8. The van der Waals surface area contributed by atoms with Gasteiger partial charge in [-0.3, -0.25) is 4.90 Å². The first-order chi connectivity index (χ1) is 12.2. The Morgan fingerprint density at radius 2 is 1.88 bits per heavy atom. The summed E-state index contributed by atoms with van der Waals surface area (Å²) in [6, 6.07) is 0. The van der Waals surface area contributed by atoms with Gasteiger partial charge >= 0.3 is 0 Å². The van der Waals surface area contributed by atoms with E-state index in [9.17, 15) is 0 Å². The summed E-state index contributed by atoms with van der Waals surface area (Å²) in [5.41, 5.74) is 3.67. The van der Waals surface area contributed by atoms with Gasteiger partial charge in [-0.25, -0.2) is 9.97 Å². The number of rotatable bonds is 5. The fourth-order valence-electron chi connectivity index (χ4n) is 3.63. The third-order valence-corrected chi connectivity index (χ3v) is 5.42. The van der Waals surface area contributed by atoms with Crippen LogP contribution in [0.4, 0.5) is 5.82 Å². The molecule has 2 aromatic rings. The van der Waals surface area contributed by atoms with Crippen molar-refractivity contribution in [3.63, 3.8) is 0 Å². The number of aryl methyl sites for hydroxylation is 2. The molecule has 2 fully saturated rings. The molecule has 0 N–H and O–H groups in total. The average molecular weight is 341 g/mol. The maximum Gasteiger partial charge on any atom is 0.138 e. The number of aromatic nitrogens is 3. The molecule has 6 heteroatoms. The maximum atomic E-state index is 5.18. The van der Waals surface area contributed by atoms with Gasteiger partial charge in [0.1, 0.15) is 17.4 Å². The van der Waals surface area contributed by atoms with E-state index in [0.29, 0.717) is 5.92 Å². The van der Waals surface area contributed by atoms with Gasteiger partial charge in [0, 0.05) is 55.5 Å². The summed E-state index contributed by atoms with van der Waals surface area (Å²) in [6.07, 6.45) is 5.32. The van der Waals surface area contributed by atoms with E-state index in [0.717, 1.165) is 56.4 Å². The summed E-state index contributed by atoms with van der Waals surface area (Å²) in [7, 11) is 0. The van der Waals surface area contributed by atoms with Crippen LogP contribution in [-0.2, 0) is 13.0 Å². The molecule has 0 unspecified atom stereocenters. The van der Waals surface area contributed by atoms with Crippen molar-refractivity contribution in [3.8, 4) is 0 Å². The van der Waals surface area contributed by atoms with Gasteiger partial charge in [0.2, 0.25) is 0 Å². The van der Waals surface area contributed by atoms with Crippen molar-refractivity contribution in [2.24, 2.45) is 0 Å². The largest absolute Gasteiger partial charge is 0.361 e. The Hall–Kier alpha value is -1.95. The molecule has 6 nitrogen and oxygen atoms in total. The Bertz CT molecular complexity index is 744. The first kappa shape index (κ1) is 16.5. The fourth-order valence-corrected chi connectivity index (χ4v) is 3.63.